The van der Waals surface area contributed by atoms with Crippen molar-refractivity contribution in [2.75, 3.05) is 7.11 Å². The maximum Gasteiger partial charge on any atom is 0.171 e. The lowest BCUT2D eigenvalue weighted by Gasteiger charge is -2.26. The van der Waals surface area contributed by atoms with E-state index in [0.29, 0.717) is 0 Å². The van der Waals surface area contributed by atoms with Gasteiger partial charge in [0.2, 0.25) is 0 Å². The molecular weight excluding hydrogens is 471 g/mol. The van der Waals surface area contributed by atoms with Gasteiger partial charge in [0.1, 0.15) is 5.75 Å². The number of hydrogen-bond donors (Lipinski definition) is 0. The fourth-order valence-electron chi connectivity index (χ4n) is 5.47. The van der Waals surface area contributed by atoms with Crippen LogP contribution in [0.4, 0.5) is 0 Å². The quantitative estimate of drug-likeness (QED) is 0.229. The number of rotatable bonds is 5. The topological polar surface area (TPSA) is 26.3 Å². The molecule has 0 heterocycles. The van der Waals surface area contributed by atoms with Crippen LogP contribution in [-0.4, -0.2) is 7.11 Å². The van der Waals surface area contributed by atoms with E-state index in [1.807, 2.05) is 66.7 Å². The van der Waals surface area contributed by atoms with E-state index < -0.39 is 7.14 Å². The number of ether oxygens (including phenoxy) is 1. The molecule has 0 saturated carbocycles. The second kappa shape index (κ2) is 9.39. The third kappa shape index (κ3) is 3.77. The number of benzene rings is 6. The molecule has 0 saturated heterocycles. The van der Waals surface area contributed by atoms with Gasteiger partial charge in [0.25, 0.3) is 0 Å². The Hall–Kier alpha value is -4.13. The molecule has 0 radical (unpaired) electrons. The van der Waals surface area contributed by atoms with Crippen LogP contribution in [0.3, 0.4) is 0 Å². The van der Waals surface area contributed by atoms with Crippen LogP contribution in [0.25, 0.3) is 32.7 Å². The molecule has 0 N–H and O–H groups in total. The van der Waals surface area contributed by atoms with Gasteiger partial charge in [-0.05, 0) is 46.2 Å². The van der Waals surface area contributed by atoms with Crippen molar-refractivity contribution in [3.05, 3.63) is 133 Å². The van der Waals surface area contributed by atoms with Crippen LogP contribution < -0.4 is 20.7 Å². The summed E-state index contributed by atoms with van der Waals surface area (Å²) in [6.07, 6.45) is 0. The van der Waals surface area contributed by atoms with Crippen LogP contribution in [0.1, 0.15) is 5.56 Å². The van der Waals surface area contributed by atoms with Gasteiger partial charge in [-0.2, -0.15) is 0 Å². The summed E-state index contributed by atoms with van der Waals surface area (Å²) in [5.41, 5.74) is 2.99. The lowest BCUT2D eigenvalue weighted by atomic mass is 9.91. The lowest BCUT2D eigenvalue weighted by Crippen LogP contribution is -2.26. The number of methoxy groups -OCH3 is 1. The van der Waals surface area contributed by atoms with Crippen molar-refractivity contribution in [3.8, 4) is 16.9 Å². The van der Waals surface area contributed by atoms with Gasteiger partial charge in [-0.15, -0.1) is 0 Å². The largest absolute Gasteiger partial charge is 0.496 e. The minimum atomic E-state index is -3.26. The van der Waals surface area contributed by atoms with Gasteiger partial charge < -0.3 is 9.30 Å². The van der Waals surface area contributed by atoms with Crippen LogP contribution in [0.2, 0.25) is 0 Å². The summed E-state index contributed by atoms with van der Waals surface area (Å²) in [4.78, 5) is 0. The van der Waals surface area contributed by atoms with E-state index in [2.05, 4.69) is 67.6 Å². The third-order valence-electron chi connectivity index (χ3n) is 7.13. The highest BCUT2D eigenvalue weighted by Crippen LogP contribution is 2.50. The molecule has 0 unspecified atom stereocenters. The zero-order chi connectivity index (χ0) is 25.4. The first-order valence-corrected chi connectivity index (χ1v) is 14.1. The average Bonchev–Trinajstić information content (AvgIpc) is 2.96. The second-order valence-electron chi connectivity index (χ2n) is 9.28. The normalized spacial score (nSPS) is 11.6. The minimum Gasteiger partial charge on any atom is -0.496 e. The molecule has 37 heavy (non-hydrogen) atoms. The smallest absolute Gasteiger partial charge is 0.171 e. The number of fused-ring (bicyclic) bond motifs is 2. The summed E-state index contributed by atoms with van der Waals surface area (Å²) in [6, 6.07) is 42.8. The van der Waals surface area contributed by atoms with Gasteiger partial charge >= 0.3 is 0 Å². The van der Waals surface area contributed by atoms with Crippen molar-refractivity contribution < 1.29 is 9.30 Å². The molecule has 0 aromatic heterocycles. The SMILES string of the molecule is COc1c(C)cc2ccccc2c1-c1c(P(=O)(c2ccccc2)c2ccccc2)ccc2ccccc12. The van der Waals surface area contributed by atoms with Crippen molar-refractivity contribution in [2.45, 2.75) is 6.92 Å². The summed E-state index contributed by atoms with van der Waals surface area (Å²) in [7, 11) is -1.54. The molecule has 180 valence electrons. The van der Waals surface area contributed by atoms with Crippen molar-refractivity contribution >= 4 is 44.6 Å². The van der Waals surface area contributed by atoms with Crippen LogP contribution in [0.5, 0.6) is 5.75 Å². The van der Waals surface area contributed by atoms with E-state index in [9.17, 15) is 0 Å². The first-order chi connectivity index (χ1) is 18.1. The predicted molar refractivity (Wildman–Crippen MR) is 158 cm³/mol. The Kier molecular flexibility index (Phi) is 5.91. The minimum absolute atomic E-state index is 0.809. The Balaban J connectivity index is 1.84. The molecule has 6 rings (SSSR count). The van der Waals surface area contributed by atoms with E-state index in [0.717, 1.165) is 59.9 Å². The summed E-state index contributed by atoms with van der Waals surface area (Å²) < 4.78 is 21.7. The zero-order valence-corrected chi connectivity index (χ0v) is 21.8. The van der Waals surface area contributed by atoms with Gasteiger partial charge in [0.05, 0.1) is 7.11 Å². The van der Waals surface area contributed by atoms with Crippen LogP contribution in [0.15, 0.2) is 127 Å². The maximum atomic E-state index is 15.6. The van der Waals surface area contributed by atoms with Gasteiger partial charge in [0, 0.05) is 27.0 Å². The number of aryl methyl sites for hydroxylation is 1. The van der Waals surface area contributed by atoms with E-state index in [-0.39, 0.29) is 0 Å². The van der Waals surface area contributed by atoms with Gasteiger partial charge in [-0.3, -0.25) is 0 Å². The molecule has 0 aliphatic heterocycles. The van der Waals surface area contributed by atoms with E-state index >= 15 is 4.57 Å². The summed E-state index contributed by atoms with van der Waals surface area (Å²) in [5.74, 6) is 0.809. The molecule has 2 nitrogen and oxygen atoms in total. The highest BCUT2D eigenvalue weighted by Gasteiger charge is 2.34. The van der Waals surface area contributed by atoms with Crippen molar-refractivity contribution in [1.29, 1.82) is 0 Å². The number of hydrogen-bond acceptors (Lipinski definition) is 2. The molecule has 0 amide bonds. The fraction of sp³-hybridized carbons (Fsp3) is 0.0588. The van der Waals surface area contributed by atoms with E-state index in [1.54, 1.807) is 7.11 Å². The van der Waals surface area contributed by atoms with Crippen molar-refractivity contribution in [2.24, 2.45) is 0 Å². The molecule has 0 fully saturated rings. The molecule has 6 aromatic carbocycles. The highest BCUT2D eigenvalue weighted by molar-refractivity contribution is 7.85. The first-order valence-electron chi connectivity index (χ1n) is 12.4. The molecule has 6 aromatic rings. The summed E-state index contributed by atoms with van der Waals surface area (Å²) in [5, 5.41) is 6.81. The molecule has 0 aliphatic carbocycles. The third-order valence-corrected chi connectivity index (χ3v) is 10.2. The molecule has 3 heteroatoms. The zero-order valence-electron chi connectivity index (χ0n) is 20.9. The maximum absolute atomic E-state index is 15.6. The van der Waals surface area contributed by atoms with Gasteiger partial charge in [-0.1, -0.05) is 115 Å². The Bertz CT molecular complexity index is 1750. The highest BCUT2D eigenvalue weighted by atomic mass is 31.2. The first kappa shape index (κ1) is 23.3. The van der Waals surface area contributed by atoms with Gasteiger partial charge in [0.15, 0.2) is 7.14 Å². The van der Waals surface area contributed by atoms with E-state index in [1.165, 1.54) is 0 Å². The monoisotopic (exact) mass is 498 g/mol. The average molecular weight is 499 g/mol. The van der Waals surface area contributed by atoms with Crippen LogP contribution in [-0.2, 0) is 4.57 Å². The predicted octanol–water partition coefficient (Wildman–Crippen LogP) is 7.62. The standard InChI is InChI=1S/C34H27O2P/c1-24-23-26-14-10-12-20-30(26)33(34(24)36-2)32-29-19-11-9-13-25(29)21-22-31(32)37(35,27-15-5-3-6-16-27)28-17-7-4-8-18-28/h3-23H,1-2H3. The second-order valence-corrected chi connectivity index (χ2v) is 12.0. The Morgan fingerprint density at radius 2 is 1.08 bits per heavy atom. The lowest BCUT2D eigenvalue weighted by molar-refractivity contribution is 0.414. The van der Waals surface area contributed by atoms with Crippen LogP contribution in [0, 0.1) is 6.92 Å². The van der Waals surface area contributed by atoms with Crippen molar-refractivity contribution in [3.63, 3.8) is 0 Å². The fourth-order valence-corrected chi connectivity index (χ4v) is 8.34. The molecule has 0 aliphatic rings. The molecule has 0 spiro atoms. The Morgan fingerprint density at radius 1 is 0.568 bits per heavy atom. The molecular formula is C34H27O2P. The van der Waals surface area contributed by atoms with Crippen LogP contribution >= 0.6 is 7.14 Å². The molecule has 0 bridgehead atoms. The summed E-state index contributed by atoms with van der Waals surface area (Å²) >= 11 is 0. The van der Waals surface area contributed by atoms with Crippen molar-refractivity contribution in [1.82, 2.24) is 0 Å². The van der Waals surface area contributed by atoms with E-state index in [4.69, 9.17) is 4.74 Å². The Labute approximate surface area is 217 Å². The van der Waals surface area contributed by atoms with Gasteiger partial charge in [-0.25, -0.2) is 0 Å². The Morgan fingerprint density at radius 3 is 1.68 bits per heavy atom. The summed E-state index contributed by atoms with van der Waals surface area (Å²) in [6.45, 7) is 2.08. The molecule has 0 atom stereocenters.